The molecule has 36 heavy (non-hydrogen) atoms. The highest BCUT2D eigenvalue weighted by Crippen LogP contribution is 2.39. The van der Waals surface area contributed by atoms with Crippen molar-refractivity contribution in [3.8, 4) is 17.3 Å². The van der Waals surface area contributed by atoms with Gasteiger partial charge < -0.3 is 9.88 Å². The predicted molar refractivity (Wildman–Crippen MR) is 144 cm³/mol. The average Bonchev–Trinajstić information content (AvgIpc) is 3.51. The summed E-state index contributed by atoms with van der Waals surface area (Å²) in [6.07, 6.45) is 8.48. The van der Waals surface area contributed by atoms with Gasteiger partial charge in [-0.15, -0.1) is 0 Å². The molecule has 0 saturated carbocycles. The first kappa shape index (κ1) is 24.3. The Hall–Kier alpha value is -3.44. The topological polar surface area (TPSA) is 89.1 Å². The number of H-pyrrole nitrogens is 1. The van der Waals surface area contributed by atoms with Crippen molar-refractivity contribution in [1.29, 1.82) is 5.26 Å². The van der Waals surface area contributed by atoms with Crippen molar-refractivity contribution in [1.82, 2.24) is 29.5 Å². The molecule has 188 valence electrons. The second kappa shape index (κ2) is 9.90. The summed E-state index contributed by atoms with van der Waals surface area (Å²) in [5.41, 5.74) is 7.89. The molecule has 4 aromatic rings. The van der Waals surface area contributed by atoms with Crippen LogP contribution in [0, 0.1) is 25.2 Å². The number of pyridine rings is 2. The van der Waals surface area contributed by atoms with Crippen LogP contribution in [0.1, 0.15) is 62.6 Å². The van der Waals surface area contributed by atoms with Gasteiger partial charge in [0.1, 0.15) is 12.1 Å². The summed E-state index contributed by atoms with van der Waals surface area (Å²) in [7, 11) is 0. The Morgan fingerprint density at radius 3 is 2.69 bits per heavy atom. The second-order valence-corrected chi connectivity index (χ2v) is 10.3. The molecule has 0 aromatic carbocycles. The van der Waals surface area contributed by atoms with Gasteiger partial charge in [-0.3, -0.25) is 4.90 Å². The summed E-state index contributed by atoms with van der Waals surface area (Å²) in [6, 6.07) is 5.04. The van der Waals surface area contributed by atoms with E-state index in [0.29, 0.717) is 18.4 Å². The molecular formula is C28H36N8. The average molecular weight is 485 g/mol. The summed E-state index contributed by atoms with van der Waals surface area (Å²) < 4.78 is 1.86. The van der Waals surface area contributed by atoms with E-state index in [1.807, 2.05) is 10.7 Å². The number of hydrogen-bond acceptors (Lipinski definition) is 6. The van der Waals surface area contributed by atoms with Crippen molar-refractivity contribution in [2.45, 2.75) is 65.8 Å². The predicted octanol–water partition coefficient (Wildman–Crippen LogP) is 5.22. The summed E-state index contributed by atoms with van der Waals surface area (Å²) in [4.78, 5) is 17.9. The van der Waals surface area contributed by atoms with E-state index in [1.54, 1.807) is 6.33 Å². The van der Waals surface area contributed by atoms with Crippen molar-refractivity contribution < 1.29 is 0 Å². The number of aromatic amines is 1. The number of rotatable bonds is 7. The van der Waals surface area contributed by atoms with Crippen molar-refractivity contribution in [3.63, 3.8) is 0 Å². The Bertz CT molecular complexity index is 1420. The van der Waals surface area contributed by atoms with E-state index in [2.05, 4.69) is 77.8 Å². The number of fused-ring (bicyclic) bond motifs is 2. The van der Waals surface area contributed by atoms with Crippen molar-refractivity contribution in [2.24, 2.45) is 0 Å². The molecule has 0 unspecified atom stereocenters. The van der Waals surface area contributed by atoms with Crippen molar-refractivity contribution in [3.05, 3.63) is 41.5 Å². The quantitative estimate of drug-likeness (QED) is 0.387. The minimum atomic E-state index is 0.346. The molecule has 0 radical (unpaired) electrons. The van der Waals surface area contributed by atoms with E-state index >= 15 is 0 Å². The Kier molecular flexibility index (Phi) is 6.67. The maximum Gasteiger partial charge on any atom is 0.158 e. The van der Waals surface area contributed by atoms with Gasteiger partial charge in [0.15, 0.2) is 5.65 Å². The SMILES string of the molecule is CCN(CCC#N)C1CCN(c2ncc3[nH]c(-c4cc(C)c5ncnn5c4)c(C(C)C)c3c2C)CC1. The molecule has 0 bridgehead atoms. The van der Waals surface area contributed by atoms with Gasteiger partial charge in [0.25, 0.3) is 0 Å². The first-order valence-corrected chi connectivity index (χ1v) is 13.1. The molecule has 1 aliphatic rings. The minimum absolute atomic E-state index is 0.346. The molecule has 1 fully saturated rings. The molecule has 0 atom stereocenters. The minimum Gasteiger partial charge on any atom is -0.356 e. The lowest BCUT2D eigenvalue weighted by Crippen LogP contribution is -2.45. The van der Waals surface area contributed by atoms with Crippen LogP contribution in [-0.2, 0) is 0 Å². The zero-order valence-electron chi connectivity index (χ0n) is 22.0. The van der Waals surface area contributed by atoms with Crippen LogP contribution in [0.2, 0.25) is 0 Å². The Morgan fingerprint density at radius 1 is 1.22 bits per heavy atom. The van der Waals surface area contributed by atoms with E-state index in [9.17, 15) is 0 Å². The van der Waals surface area contributed by atoms with E-state index in [0.717, 1.165) is 72.8 Å². The number of nitrogens with zero attached hydrogens (tertiary/aromatic N) is 7. The van der Waals surface area contributed by atoms with Crippen LogP contribution in [0.15, 0.2) is 24.8 Å². The van der Waals surface area contributed by atoms with Gasteiger partial charge in [0.05, 0.1) is 23.5 Å². The summed E-state index contributed by atoms with van der Waals surface area (Å²) in [5.74, 6) is 1.44. The standard InChI is InChI=1S/C28H36N8/c1-6-34(11-7-10-29)22-8-12-35(13-9-22)28-20(5)25-23(15-30-28)33-26(24(25)18(2)3)21-14-19(4)27-31-17-32-36(27)16-21/h14-18,22,33H,6-9,11-13H2,1-5H3. The molecule has 4 aromatic heterocycles. The van der Waals surface area contributed by atoms with E-state index < -0.39 is 0 Å². The molecule has 5 heterocycles. The highest BCUT2D eigenvalue weighted by atomic mass is 15.3. The smallest absolute Gasteiger partial charge is 0.158 e. The van der Waals surface area contributed by atoms with Crippen molar-refractivity contribution >= 4 is 22.4 Å². The lowest BCUT2D eigenvalue weighted by molar-refractivity contribution is 0.181. The molecule has 1 N–H and O–H groups in total. The second-order valence-electron chi connectivity index (χ2n) is 10.3. The first-order valence-electron chi connectivity index (χ1n) is 13.1. The summed E-state index contributed by atoms with van der Waals surface area (Å²) in [5, 5.41) is 14.7. The molecule has 0 amide bonds. The van der Waals surface area contributed by atoms with Gasteiger partial charge in [-0.1, -0.05) is 20.8 Å². The maximum atomic E-state index is 9.00. The number of nitrogens with one attached hydrogen (secondary N) is 1. The number of aromatic nitrogens is 5. The van der Waals surface area contributed by atoms with E-state index in [4.69, 9.17) is 10.2 Å². The van der Waals surface area contributed by atoms with Gasteiger partial charge >= 0.3 is 0 Å². The molecule has 0 spiro atoms. The lowest BCUT2D eigenvalue weighted by Gasteiger charge is -2.39. The third kappa shape index (κ3) is 4.22. The van der Waals surface area contributed by atoms with Crippen molar-refractivity contribution in [2.75, 3.05) is 31.1 Å². The van der Waals surface area contributed by atoms with Gasteiger partial charge in [0, 0.05) is 54.8 Å². The molecule has 1 saturated heterocycles. The fourth-order valence-electron chi connectivity index (χ4n) is 5.96. The number of piperidine rings is 1. The monoisotopic (exact) mass is 484 g/mol. The number of anilines is 1. The van der Waals surface area contributed by atoms with Gasteiger partial charge in [-0.2, -0.15) is 10.4 Å². The molecule has 8 nitrogen and oxygen atoms in total. The Balaban J connectivity index is 1.49. The van der Waals surface area contributed by atoms with Crippen LogP contribution in [0.5, 0.6) is 0 Å². The number of aryl methyl sites for hydroxylation is 2. The zero-order valence-corrected chi connectivity index (χ0v) is 22.0. The molecular weight excluding hydrogens is 448 g/mol. The van der Waals surface area contributed by atoms with Gasteiger partial charge in [-0.05, 0) is 56.3 Å². The first-order chi connectivity index (χ1) is 17.4. The van der Waals surface area contributed by atoms with E-state index in [-0.39, 0.29) is 0 Å². The Morgan fingerprint density at radius 2 is 2.00 bits per heavy atom. The fraction of sp³-hybridized carbons (Fsp3) is 0.500. The zero-order chi connectivity index (χ0) is 25.4. The summed E-state index contributed by atoms with van der Waals surface area (Å²) >= 11 is 0. The summed E-state index contributed by atoms with van der Waals surface area (Å²) in [6.45, 7) is 14.9. The van der Waals surface area contributed by atoms with Crippen LogP contribution in [0.25, 0.3) is 27.8 Å². The molecule has 0 aliphatic carbocycles. The molecule has 1 aliphatic heterocycles. The van der Waals surface area contributed by atoms with E-state index in [1.165, 1.54) is 16.5 Å². The van der Waals surface area contributed by atoms with Crippen LogP contribution >= 0.6 is 0 Å². The highest BCUT2D eigenvalue weighted by Gasteiger charge is 2.27. The van der Waals surface area contributed by atoms with Crippen LogP contribution in [0.3, 0.4) is 0 Å². The number of hydrogen-bond donors (Lipinski definition) is 1. The normalized spacial score (nSPS) is 15.0. The largest absolute Gasteiger partial charge is 0.356 e. The fourth-order valence-corrected chi connectivity index (χ4v) is 5.96. The maximum absolute atomic E-state index is 9.00. The highest BCUT2D eigenvalue weighted by molar-refractivity contribution is 5.95. The Labute approximate surface area is 213 Å². The lowest BCUT2D eigenvalue weighted by atomic mass is 9.94. The van der Waals surface area contributed by atoms with Crippen LogP contribution < -0.4 is 4.90 Å². The van der Waals surface area contributed by atoms with Gasteiger partial charge in [0.2, 0.25) is 0 Å². The van der Waals surface area contributed by atoms with Gasteiger partial charge in [-0.25, -0.2) is 14.5 Å². The molecule has 8 heteroatoms. The van der Waals surface area contributed by atoms with Crippen LogP contribution in [0.4, 0.5) is 5.82 Å². The molecule has 5 rings (SSSR count). The number of nitriles is 1. The third-order valence-electron chi connectivity index (χ3n) is 7.72. The third-order valence-corrected chi connectivity index (χ3v) is 7.72. The van der Waals surface area contributed by atoms with Crippen LogP contribution in [-0.4, -0.2) is 61.7 Å².